The largest absolute Gasteiger partial charge is 0.378 e. The lowest BCUT2D eigenvalue weighted by atomic mass is 9.98. The maximum Gasteiger partial charge on any atom is 0.243 e. The number of nitrogens with one attached hydrogen (secondary N) is 2. The first-order chi connectivity index (χ1) is 14.4. The molecule has 1 unspecified atom stereocenters. The van der Waals surface area contributed by atoms with Crippen LogP contribution in [0.15, 0.2) is 40.2 Å². The molecule has 0 aliphatic carbocycles. The van der Waals surface area contributed by atoms with Crippen molar-refractivity contribution in [3.05, 3.63) is 30.3 Å². The van der Waals surface area contributed by atoms with E-state index < -0.39 is 10.0 Å². The number of halogens is 1. The van der Waals surface area contributed by atoms with E-state index in [0.717, 1.165) is 44.9 Å². The molecule has 0 saturated carbocycles. The zero-order valence-electron chi connectivity index (χ0n) is 19.2. The highest BCUT2D eigenvalue weighted by atomic mass is 127. The van der Waals surface area contributed by atoms with Crippen LogP contribution in [0.2, 0.25) is 0 Å². The lowest BCUT2D eigenvalue weighted by Crippen LogP contribution is -2.44. The molecule has 0 spiro atoms. The number of ether oxygens (including phenoxy) is 1. The normalized spacial score (nSPS) is 17.3. The Bertz CT molecular complexity index is 751. The van der Waals surface area contributed by atoms with E-state index in [9.17, 15) is 8.42 Å². The second-order valence-corrected chi connectivity index (χ2v) is 10.0. The van der Waals surface area contributed by atoms with Crippen molar-refractivity contribution in [2.75, 3.05) is 39.8 Å². The fourth-order valence-electron chi connectivity index (χ4n) is 3.71. The molecule has 2 N–H and O–H groups in total. The number of hydrogen-bond acceptors (Lipinski definition) is 4. The first-order valence-corrected chi connectivity index (χ1v) is 12.4. The number of nitrogens with zero attached hydrogens (tertiary/aromatic N) is 2. The van der Waals surface area contributed by atoms with Crippen LogP contribution in [0.25, 0.3) is 0 Å². The number of benzene rings is 1. The number of hydrogen-bond donors (Lipinski definition) is 2. The molecule has 0 bridgehead atoms. The molecular weight excluding hydrogens is 527 g/mol. The molecule has 1 aliphatic heterocycles. The number of sulfonamides is 1. The third-order valence-electron chi connectivity index (χ3n) is 5.58. The molecule has 1 aromatic carbocycles. The van der Waals surface area contributed by atoms with Gasteiger partial charge in [0.15, 0.2) is 5.96 Å². The molecule has 7 nitrogen and oxygen atoms in total. The highest BCUT2D eigenvalue weighted by molar-refractivity contribution is 14.0. The zero-order valence-corrected chi connectivity index (χ0v) is 22.4. The molecule has 1 saturated heterocycles. The van der Waals surface area contributed by atoms with Gasteiger partial charge in [-0.1, -0.05) is 32.0 Å². The first kappa shape index (κ1) is 28.1. The third-order valence-corrected chi connectivity index (χ3v) is 7.49. The van der Waals surface area contributed by atoms with Crippen LogP contribution in [0, 0.1) is 11.8 Å². The van der Waals surface area contributed by atoms with Crippen molar-refractivity contribution in [1.29, 1.82) is 0 Å². The van der Waals surface area contributed by atoms with Gasteiger partial charge in [-0.25, -0.2) is 8.42 Å². The molecule has 0 aromatic heterocycles. The van der Waals surface area contributed by atoms with Gasteiger partial charge in [-0.05, 0) is 50.2 Å². The van der Waals surface area contributed by atoms with Crippen molar-refractivity contribution in [3.8, 4) is 0 Å². The Morgan fingerprint density at radius 2 is 1.84 bits per heavy atom. The average molecular weight is 567 g/mol. The monoisotopic (exact) mass is 566 g/mol. The minimum Gasteiger partial charge on any atom is -0.378 e. The number of rotatable bonds is 10. The van der Waals surface area contributed by atoms with E-state index in [1.807, 2.05) is 13.0 Å². The zero-order chi connectivity index (χ0) is 22.0. The Labute approximate surface area is 205 Å². The molecule has 1 heterocycles. The predicted octanol–water partition coefficient (Wildman–Crippen LogP) is 3.32. The molecule has 31 heavy (non-hydrogen) atoms. The van der Waals surface area contributed by atoms with E-state index in [0.29, 0.717) is 29.8 Å². The fourth-order valence-corrected chi connectivity index (χ4v) is 5.20. The van der Waals surface area contributed by atoms with Crippen molar-refractivity contribution in [2.24, 2.45) is 16.8 Å². The van der Waals surface area contributed by atoms with Crippen molar-refractivity contribution >= 4 is 40.0 Å². The summed E-state index contributed by atoms with van der Waals surface area (Å²) in [7, 11) is -1.62. The lowest BCUT2D eigenvalue weighted by Gasteiger charge is -2.31. The second kappa shape index (κ2) is 14.3. The van der Waals surface area contributed by atoms with Gasteiger partial charge in [0.1, 0.15) is 0 Å². The molecule has 1 aromatic rings. The summed E-state index contributed by atoms with van der Waals surface area (Å²) < 4.78 is 32.9. The van der Waals surface area contributed by atoms with Gasteiger partial charge in [0.25, 0.3) is 0 Å². The summed E-state index contributed by atoms with van der Waals surface area (Å²) in [6.07, 6.45) is 2.87. The van der Waals surface area contributed by atoms with Gasteiger partial charge < -0.3 is 15.4 Å². The highest BCUT2D eigenvalue weighted by Gasteiger charge is 2.29. The van der Waals surface area contributed by atoms with Crippen molar-refractivity contribution in [1.82, 2.24) is 14.9 Å². The molecule has 9 heteroatoms. The summed E-state index contributed by atoms with van der Waals surface area (Å²) in [5.41, 5.74) is 0. The number of piperidine rings is 1. The van der Waals surface area contributed by atoms with Crippen LogP contribution in [0.1, 0.15) is 40.0 Å². The Morgan fingerprint density at radius 1 is 1.19 bits per heavy atom. The topological polar surface area (TPSA) is 83.0 Å². The van der Waals surface area contributed by atoms with E-state index in [4.69, 9.17) is 4.74 Å². The summed E-state index contributed by atoms with van der Waals surface area (Å²) in [4.78, 5) is 4.67. The van der Waals surface area contributed by atoms with Crippen molar-refractivity contribution in [3.63, 3.8) is 0 Å². The molecular formula is C22H39IN4O3S. The van der Waals surface area contributed by atoms with Gasteiger partial charge in [-0.15, -0.1) is 24.0 Å². The lowest BCUT2D eigenvalue weighted by molar-refractivity contribution is 0.0258. The van der Waals surface area contributed by atoms with Gasteiger partial charge in [0.2, 0.25) is 10.0 Å². The van der Waals surface area contributed by atoms with E-state index in [-0.39, 0.29) is 30.1 Å². The summed E-state index contributed by atoms with van der Waals surface area (Å²) >= 11 is 0. The Balaban J connectivity index is 0.00000480. The van der Waals surface area contributed by atoms with Gasteiger partial charge >= 0.3 is 0 Å². The van der Waals surface area contributed by atoms with E-state index >= 15 is 0 Å². The maximum absolute atomic E-state index is 12.7. The smallest absolute Gasteiger partial charge is 0.243 e. The van der Waals surface area contributed by atoms with Gasteiger partial charge in [0.05, 0.1) is 11.0 Å². The minimum absolute atomic E-state index is 0. The molecule has 0 radical (unpaired) electrons. The van der Waals surface area contributed by atoms with Crippen molar-refractivity contribution in [2.45, 2.75) is 51.0 Å². The van der Waals surface area contributed by atoms with Crippen LogP contribution in [-0.4, -0.2) is 64.6 Å². The molecule has 178 valence electrons. The third kappa shape index (κ3) is 8.86. The summed E-state index contributed by atoms with van der Waals surface area (Å²) in [6.45, 7) is 9.82. The first-order valence-electron chi connectivity index (χ1n) is 11.0. The van der Waals surface area contributed by atoms with Crippen LogP contribution >= 0.6 is 24.0 Å². The van der Waals surface area contributed by atoms with Crippen LogP contribution in [0.3, 0.4) is 0 Å². The minimum atomic E-state index is -3.39. The Morgan fingerprint density at radius 3 is 2.39 bits per heavy atom. The molecule has 1 atom stereocenters. The summed E-state index contributed by atoms with van der Waals surface area (Å²) in [5.74, 6) is 1.70. The van der Waals surface area contributed by atoms with Gasteiger partial charge in [0, 0.05) is 39.8 Å². The van der Waals surface area contributed by atoms with Crippen LogP contribution in [0.5, 0.6) is 0 Å². The molecule has 1 aliphatic rings. The summed E-state index contributed by atoms with van der Waals surface area (Å²) in [5, 5.41) is 6.75. The second-order valence-electron chi connectivity index (χ2n) is 8.07. The Kier molecular flexibility index (Phi) is 13.0. The van der Waals surface area contributed by atoms with E-state index in [1.165, 1.54) is 0 Å². The fraction of sp³-hybridized carbons (Fsp3) is 0.682. The highest BCUT2D eigenvalue weighted by Crippen LogP contribution is 2.23. The average Bonchev–Trinajstić information content (AvgIpc) is 2.76. The quantitative estimate of drug-likeness (QED) is 0.258. The van der Waals surface area contributed by atoms with Gasteiger partial charge in [-0.2, -0.15) is 4.31 Å². The number of aliphatic imine (C=N–C) groups is 1. The number of guanidine groups is 1. The van der Waals surface area contributed by atoms with Crippen molar-refractivity contribution < 1.29 is 13.2 Å². The van der Waals surface area contributed by atoms with Gasteiger partial charge in [-0.3, -0.25) is 4.99 Å². The van der Waals surface area contributed by atoms with Crippen LogP contribution < -0.4 is 10.6 Å². The molecule has 1 fully saturated rings. The summed E-state index contributed by atoms with van der Waals surface area (Å²) in [6, 6.07) is 8.68. The standard InChI is InChI=1S/C22H38N4O3S.HI/c1-5-29-21(18(2)3)11-14-24-22(23-4)25-17-19-12-15-26(16-13-19)30(27,28)20-9-7-6-8-10-20;/h6-10,18-19,21H,5,11-17H2,1-4H3,(H2,23,24,25);1H. The molecule has 0 amide bonds. The Hall–Kier alpha value is -0.910. The molecule has 2 rings (SSSR count). The predicted molar refractivity (Wildman–Crippen MR) is 138 cm³/mol. The van der Waals surface area contributed by atoms with E-state index in [1.54, 1.807) is 35.6 Å². The SMILES string of the molecule is CCOC(CCNC(=NC)NCC1CCN(S(=O)(=O)c2ccccc2)CC1)C(C)C.I. The maximum atomic E-state index is 12.7. The van der Waals surface area contributed by atoms with Crippen LogP contribution in [-0.2, 0) is 14.8 Å². The van der Waals surface area contributed by atoms with Crippen LogP contribution in [0.4, 0.5) is 0 Å². The van der Waals surface area contributed by atoms with E-state index in [2.05, 4.69) is 29.5 Å².